The van der Waals surface area contributed by atoms with Crippen LogP contribution < -0.4 is 10.1 Å². The summed E-state index contributed by atoms with van der Waals surface area (Å²) in [5.41, 5.74) is 0.393. The van der Waals surface area contributed by atoms with E-state index in [9.17, 15) is 9.18 Å². The average Bonchev–Trinajstić information content (AvgIpc) is 3.23. The summed E-state index contributed by atoms with van der Waals surface area (Å²) in [6.45, 7) is 3.61. The minimum Gasteiger partial charge on any atom is -0.461 e. The quantitative estimate of drug-likeness (QED) is 0.416. The molecule has 1 amide bonds. The van der Waals surface area contributed by atoms with Crippen molar-refractivity contribution in [1.29, 1.82) is 0 Å². The Bertz CT molecular complexity index is 1270. The van der Waals surface area contributed by atoms with Gasteiger partial charge in [-0.05, 0) is 38.1 Å². The number of amides is 1. The first-order chi connectivity index (χ1) is 15.9. The highest BCUT2D eigenvalue weighted by atomic mass is 35.5. The van der Waals surface area contributed by atoms with Crippen molar-refractivity contribution in [2.24, 2.45) is 0 Å². The van der Waals surface area contributed by atoms with Crippen molar-refractivity contribution in [2.45, 2.75) is 26.1 Å². The number of anilines is 1. The molecule has 33 heavy (non-hydrogen) atoms. The molecule has 0 unspecified atom stereocenters. The lowest BCUT2D eigenvalue weighted by Crippen LogP contribution is -2.38. The molecule has 1 atom stereocenters. The van der Waals surface area contributed by atoms with E-state index in [0.29, 0.717) is 21.9 Å². The molecule has 4 aromatic heterocycles. The van der Waals surface area contributed by atoms with Gasteiger partial charge < -0.3 is 14.8 Å². The molecule has 0 aliphatic rings. The Balaban J connectivity index is 1.62. The molecule has 0 saturated carbocycles. The number of halogens is 2. The molecule has 1 N–H and O–H groups in total. The number of fused-ring (bicyclic) bond motifs is 1. The highest BCUT2D eigenvalue weighted by Gasteiger charge is 2.25. The summed E-state index contributed by atoms with van der Waals surface area (Å²) in [5.74, 6) is -0.375. The van der Waals surface area contributed by atoms with Crippen LogP contribution in [0.3, 0.4) is 0 Å². The van der Waals surface area contributed by atoms with Crippen molar-refractivity contribution in [3.05, 3.63) is 60.0 Å². The molecule has 0 fully saturated rings. The summed E-state index contributed by atoms with van der Waals surface area (Å²) >= 11 is 6.24. The molecular formula is C21H19ClFN7O3. The lowest BCUT2D eigenvalue weighted by molar-refractivity contribution is -0.126. The van der Waals surface area contributed by atoms with Crippen molar-refractivity contribution in [3.8, 4) is 11.7 Å². The summed E-state index contributed by atoms with van der Waals surface area (Å²) in [6, 6.07) is 5.92. The summed E-state index contributed by atoms with van der Waals surface area (Å²) in [5, 5.41) is 7.72. The molecule has 0 aromatic carbocycles. The number of rotatable bonds is 8. The zero-order valence-corrected chi connectivity index (χ0v) is 18.4. The number of carbonyl (C=O) groups excluding carboxylic acids is 1. The second-order valence-electron chi connectivity index (χ2n) is 7.12. The molecule has 4 rings (SSSR count). The molecule has 4 heterocycles. The van der Waals surface area contributed by atoms with Gasteiger partial charge in [0.15, 0.2) is 11.5 Å². The molecule has 0 aliphatic carbocycles. The maximum Gasteiger partial charge on any atom is 0.269 e. The average molecular weight is 472 g/mol. The summed E-state index contributed by atoms with van der Waals surface area (Å²) in [4.78, 5) is 29.4. The minimum atomic E-state index is -1.08. The number of hydrogen-bond acceptors (Lipinski definition) is 8. The lowest BCUT2D eigenvalue weighted by atomic mass is 10.3. The fraction of sp³-hybridized carbons (Fsp3) is 0.238. The van der Waals surface area contributed by atoms with E-state index < -0.39 is 17.8 Å². The van der Waals surface area contributed by atoms with Crippen LogP contribution in [0.25, 0.3) is 16.9 Å². The molecule has 0 saturated heterocycles. The van der Waals surface area contributed by atoms with Gasteiger partial charge in [0.05, 0.1) is 30.1 Å². The third-order valence-corrected chi connectivity index (χ3v) is 4.67. The van der Waals surface area contributed by atoms with Gasteiger partial charge in [-0.25, -0.2) is 24.3 Å². The van der Waals surface area contributed by atoms with E-state index in [4.69, 9.17) is 21.1 Å². The van der Waals surface area contributed by atoms with Gasteiger partial charge in [-0.15, -0.1) is 0 Å². The predicted molar refractivity (Wildman–Crippen MR) is 118 cm³/mol. The van der Waals surface area contributed by atoms with Crippen LogP contribution in [-0.2, 0) is 9.53 Å². The lowest BCUT2D eigenvalue weighted by Gasteiger charge is -2.19. The topological polar surface area (TPSA) is 117 Å². The van der Waals surface area contributed by atoms with Gasteiger partial charge in [0.1, 0.15) is 23.3 Å². The summed E-state index contributed by atoms with van der Waals surface area (Å²) in [7, 11) is 0. The standard InChI is InChI=1S/C21H19ClFN7O3/c1-12(2)32-10-16(20(31)29-17-6-5-13(23)8-25-17)33-21-14-9-28-30(18(14)26-11-27-21)19-15(22)4-3-7-24-19/h3-9,11-12,16H,10H2,1-2H3,(H,25,29,31)/t16-/m0/s1. The van der Waals surface area contributed by atoms with Crippen LogP contribution in [0.15, 0.2) is 49.2 Å². The molecular weight excluding hydrogens is 453 g/mol. The number of aromatic nitrogens is 6. The first-order valence-electron chi connectivity index (χ1n) is 9.92. The Kier molecular flexibility index (Phi) is 6.71. The van der Waals surface area contributed by atoms with Crippen LogP contribution in [0.4, 0.5) is 10.2 Å². The van der Waals surface area contributed by atoms with E-state index >= 15 is 0 Å². The first-order valence-corrected chi connectivity index (χ1v) is 10.3. The van der Waals surface area contributed by atoms with E-state index in [-0.39, 0.29) is 24.4 Å². The fourth-order valence-corrected chi connectivity index (χ4v) is 3.04. The van der Waals surface area contributed by atoms with Gasteiger partial charge in [0.2, 0.25) is 12.0 Å². The number of hydrogen-bond donors (Lipinski definition) is 1. The Hall–Kier alpha value is -3.70. The van der Waals surface area contributed by atoms with Crippen LogP contribution in [0.2, 0.25) is 5.02 Å². The molecule has 0 bridgehead atoms. The molecule has 170 valence electrons. The highest BCUT2D eigenvalue weighted by Crippen LogP contribution is 2.26. The summed E-state index contributed by atoms with van der Waals surface area (Å²) < 4.78 is 26.1. The normalized spacial score (nSPS) is 12.2. The van der Waals surface area contributed by atoms with E-state index in [2.05, 4.69) is 30.4 Å². The monoisotopic (exact) mass is 471 g/mol. The van der Waals surface area contributed by atoms with Crippen LogP contribution in [0, 0.1) is 5.82 Å². The second-order valence-corrected chi connectivity index (χ2v) is 7.53. The van der Waals surface area contributed by atoms with Crippen molar-refractivity contribution < 1.29 is 18.7 Å². The van der Waals surface area contributed by atoms with Crippen molar-refractivity contribution >= 4 is 34.4 Å². The van der Waals surface area contributed by atoms with Gasteiger partial charge in [0.25, 0.3) is 5.91 Å². The van der Waals surface area contributed by atoms with Crippen molar-refractivity contribution in [2.75, 3.05) is 11.9 Å². The molecule has 0 aliphatic heterocycles. The molecule has 0 radical (unpaired) electrons. The van der Waals surface area contributed by atoms with E-state index in [0.717, 1.165) is 6.20 Å². The first kappa shape index (κ1) is 22.5. The van der Waals surface area contributed by atoms with Gasteiger partial charge in [-0.1, -0.05) is 11.6 Å². The maximum atomic E-state index is 13.1. The summed E-state index contributed by atoms with van der Waals surface area (Å²) in [6.07, 6.45) is 4.13. The van der Waals surface area contributed by atoms with Crippen LogP contribution in [0.5, 0.6) is 5.88 Å². The molecule has 0 spiro atoms. The maximum absolute atomic E-state index is 13.1. The van der Waals surface area contributed by atoms with Gasteiger partial charge >= 0.3 is 0 Å². The Morgan fingerprint density at radius 2 is 2.03 bits per heavy atom. The van der Waals surface area contributed by atoms with Crippen molar-refractivity contribution in [3.63, 3.8) is 0 Å². The number of nitrogens with zero attached hydrogens (tertiary/aromatic N) is 6. The van der Waals surface area contributed by atoms with Gasteiger partial charge in [-0.3, -0.25) is 4.79 Å². The number of pyridine rings is 2. The van der Waals surface area contributed by atoms with Gasteiger partial charge in [-0.2, -0.15) is 9.78 Å². The molecule has 12 heteroatoms. The number of nitrogens with one attached hydrogen (secondary N) is 1. The van der Waals surface area contributed by atoms with Crippen LogP contribution in [-0.4, -0.2) is 54.4 Å². The fourth-order valence-electron chi connectivity index (χ4n) is 2.84. The van der Waals surface area contributed by atoms with E-state index in [1.807, 2.05) is 13.8 Å². The van der Waals surface area contributed by atoms with E-state index in [1.165, 1.54) is 29.3 Å². The Labute approximate surface area is 192 Å². The molecule has 4 aromatic rings. The molecule has 10 nitrogen and oxygen atoms in total. The Morgan fingerprint density at radius 1 is 1.18 bits per heavy atom. The second kappa shape index (κ2) is 9.84. The Morgan fingerprint density at radius 3 is 2.76 bits per heavy atom. The van der Waals surface area contributed by atoms with Crippen LogP contribution in [0.1, 0.15) is 13.8 Å². The smallest absolute Gasteiger partial charge is 0.269 e. The third kappa shape index (κ3) is 5.21. The van der Waals surface area contributed by atoms with E-state index in [1.54, 1.807) is 18.3 Å². The van der Waals surface area contributed by atoms with Crippen LogP contribution >= 0.6 is 11.6 Å². The predicted octanol–water partition coefficient (Wildman–Crippen LogP) is 3.21. The number of carbonyl (C=O) groups is 1. The zero-order valence-electron chi connectivity index (χ0n) is 17.6. The highest BCUT2D eigenvalue weighted by molar-refractivity contribution is 6.32. The minimum absolute atomic E-state index is 0.0591. The zero-order chi connectivity index (χ0) is 23.4. The SMILES string of the molecule is CC(C)OC[C@H](Oc1ncnc2c1cnn2-c1ncccc1Cl)C(=O)Nc1ccc(F)cn1. The van der Waals surface area contributed by atoms with Crippen molar-refractivity contribution in [1.82, 2.24) is 29.7 Å². The third-order valence-electron chi connectivity index (χ3n) is 4.37. The largest absolute Gasteiger partial charge is 0.461 e. The number of ether oxygens (including phenoxy) is 2. The van der Waals surface area contributed by atoms with Gasteiger partial charge in [0, 0.05) is 6.20 Å².